The zero-order chi connectivity index (χ0) is 18.0. The second kappa shape index (κ2) is 7.23. The number of likely N-dealkylation sites (tertiary alicyclic amines) is 1. The van der Waals surface area contributed by atoms with Crippen LogP contribution >= 0.6 is 0 Å². The Kier molecular flexibility index (Phi) is 5.04. The highest BCUT2D eigenvalue weighted by Crippen LogP contribution is 2.28. The van der Waals surface area contributed by atoms with Gasteiger partial charge in [0.1, 0.15) is 0 Å². The van der Waals surface area contributed by atoms with Crippen LogP contribution in [0.4, 0.5) is 0 Å². The third-order valence-corrected chi connectivity index (χ3v) is 5.13. The molecule has 0 aliphatic carbocycles. The molecule has 2 N–H and O–H groups in total. The summed E-state index contributed by atoms with van der Waals surface area (Å²) in [5, 5.41) is 9.02. The lowest BCUT2D eigenvalue weighted by atomic mass is 9.90. The molecule has 0 bridgehead atoms. The minimum atomic E-state index is -0.893. The van der Waals surface area contributed by atoms with Gasteiger partial charge in [-0.1, -0.05) is 12.1 Å². The van der Waals surface area contributed by atoms with Crippen molar-refractivity contribution in [3.63, 3.8) is 0 Å². The summed E-state index contributed by atoms with van der Waals surface area (Å²) < 4.78 is 0. The number of piperidine rings is 1. The van der Waals surface area contributed by atoms with Crippen LogP contribution in [0.25, 0.3) is 0 Å². The lowest BCUT2D eigenvalue weighted by Gasteiger charge is -2.33. The molecule has 1 aromatic heterocycles. The molecule has 1 fully saturated rings. The van der Waals surface area contributed by atoms with E-state index in [1.165, 1.54) is 5.56 Å². The molecule has 0 radical (unpaired) electrons. The number of nitrogens with zero attached hydrogens (tertiary/aromatic N) is 1. The number of carboxylic acid groups (broad SMARTS) is 1. The molecule has 0 saturated carbocycles. The number of pyridine rings is 1. The first-order chi connectivity index (χ1) is 12.0. The van der Waals surface area contributed by atoms with E-state index >= 15 is 0 Å². The fraction of sp³-hybridized carbons (Fsp3) is 0.400. The standard InChI is InChI=1S/C20H24N2O3/c1-13-10-21-18(14(2)19(13)23)12-22-9-3-4-17(11-22)15-5-7-16(8-6-15)20(24)25/h5-8,10,17H,3-4,9,11-12H2,1-2H3,(H,21,23)(H,24,25)/t17-/m1/s1. The molecule has 0 spiro atoms. The number of benzene rings is 1. The van der Waals surface area contributed by atoms with E-state index in [9.17, 15) is 9.59 Å². The van der Waals surface area contributed by atoms with Gasteiger partial charge in [-0.15, -0.1) is 0 Å². The third kappa shape index (κ3) is 3.82. The van der Waals surface area contributed by atoms with Gasteiger partial charge in [-0.25, -0.2) is 4.79 Å². The van der Waals surface area contributed by atoms with Crippen molar-refractivity contribution in [2.24, 2.45) is 0 Å². The van der Waals surface area contributed by atoms with Crippen molar-refractivity contribution in [1.82, 2.24) is 9.88 Å². The average Bonchev–Trinajstić information content (AvgIpc) is 2.62. The molecule has 0 amide bonds. The summed E-state index contributed by atoms with van der Waals surface area (Å²) in [6.07, 6.45) is 3.99. The maximum atomic E-state index is 12.1. The number of carbonyl (C=O) groups is 1. The van der Waals surface area contributed by atoms with Crippen LogP contribution < -0.4 is 5.43 Å². The van der Waals surface area contributed by atoms with Crippen molar-refractivity contribution in [2.45, 2.75) is 39.2 Å². The number of H-pyrrole nitrogens is 1. The third-order valence-electron chi connectivity index (χ3n) is 5.13. The van der Waals surface area contributed by atoms with Crippen LogP contribution in [0.15, 0.2) is 35.3 Å². The molecular weight excluding hydrogens is 316 g/mol. The number of aryl methyl sites for hydroxylation is 1. The Morgan fingerprint density at radius 2 is 2.00 bits per heavy atom. The van der Waals surface area contributed by atoms with Crippen LogP contribution in [0.2, 0.25) is 0 Å². The maximum Gasteiger partial charge on any atom is 0.335 e. The number of rotatable bonds is 4. The molecule has 1 aliphatic rings. The number of hydrogen-bond donors (Lipinski definition) is 2. The molecule has 1 aliphatic heterocycles. The average molecular weight is 340 g/mol. The Balaban J connectivity index is 1.72. The molecule has 132 valence electrons. The lowest BCUT2D eigenvalue weighted by Crippen LogP contribution is -2.35. The van der Waals surface area contributed by atoms with Crippen molar-refractivity contribution in [2.75, 3.05) is 13.1 Å². The Morgan fingerprint density at radius 3 is 2.68 bits per heavy atom. The highest BCUT2D eigenvalue weighted by atomic mass is 16.4. The SMILES string of the molecule is Cc1c[nH]c(CN2CCC[C@@H](c3ccc(C(=O)O)cc3)C2)c(C)c1=O. The summed E-state index contributed by atoms with van der Waals surface area (Å²) in [7, 11) is 0. The fourth-order valence-electron chi connectivity index (χ4n) is 3.56. The van der Waals surface area contributed by atoms with E-state index in [4.69, 9.17) is 5.11 Å². The molecule has 5 nitrogen and oxygen atoms in total. The Hall–Kier alpha value is -2.40. The predicted octanol–water partition coefficient (Wildman–Crippen LogP) is 3.07. The van der Waals surface area contributed by atoms with Crippen LogP contribution in [0.1, 0.15) is 51.5 Å². The van der Waals surface area contributed by atoms with Gasteiger partial charge in [-0.05, 0) is 56.8 Å². The maximum absolute atomic E-state index is 12.1. The van der Waals surface area contributed by atoms with E-state index in [0.717, 1.165) is 49.3 Å². The molecule has 1 atom stereocenters. The van der Waals surface area contributed by atoms with Gasteiger partial charge < -0.3 is 10.1 Å². The first-order valence-electron chi connectivity index (χ1n) is 8.69. The quantitative estimate of drug-likeness (QED) is 0.897. The minimum Gasteiger partial charge on any atom is -0.478 e. The molecule has 2 heterocycles. The molecule has 25 heavy (non-hydrogen) atoms. The van der Waals surface area contributed by atoms with Crippen LogP contribution in [-0.2, 0) is 6.54 Å². The summed E-state index contributed by atoms with van der Waals surface area (Å²) in [6, 6.07) is 7.21. The topological polar surface area (TPSA) is 73.4 Å². The first-order valence-corrected chi connectivity index (χ1v) is 8.69. The second-order valence-electron chi connectivity index (χ2n) is 6.91. The zero-order valence-corrected chi connectivity index (χ0v) is 14.7. The molecule has 5 heteroatoms. The van der Waals surface area contributed by atoms with Gasteiger partial charge in [0.2, 0.25) is 0 Å². The summed E-state index contributed by atoms with van der Waals surface area (Å²) >= 11 is 0. The summed E-state index contributed by atoms with van der Waals surface area (Å²) in [5.74, 6) is -0.496. The van der Waals surface area contributed by atoms with E-state index in [1.807, 2.05) is 26.0 Å². The highest BCUT2D eigenvalue weighted by Gasteiger charge is 2.22. The van der Waals surface area contributed by atoms with Gasteiger partial charge in [0.05, 0.1) is 5.56 Å². The molecule has 1 saturated heterocycles. The van der Waals surface area contributed by atoms with Gasteiger partial charge in [-0.2, -0.15) is 0 Å². The van der Waals surface area contributed by atoms with Crippen LogP contribution in [0, 0.1) is 13.8 Å². The fourth-order valence-corrected chi connectivity index (χ4v) is 3.56. The van der Waals surface area contributed by atoms with Crippen molar-refractivity contribution in [1.29, 1.82) is 0 Å². The number of nitrogens with one attached hydrogen (secondary N) is 1. The number of aromatic amines is 1. The number of aromatic nitrogens is 1. The lowest BCUT2D eigenvalue weighted by molar-refractivity contribution is 0.0697. The van der Waals surface area contributed by atoms with E-state index < -0.39 is 5.97 Å². The zero-order valence-electron chi connectivity index (χ0n) is 14.7. The monoisotopic (exact) mass is 340 g/mol. The number of aromatic carboxylic acids is 1. The van der Waals surface area contributed by atoms with Crippen molar-refractivity contribution in [3.05, 3.63) is 68.6 Å². The Labute approximate surface area is 147 Å². The molecule has 1 aromatic carbocycles. The summed E-state index contributed by atoms with van der Waals surface area (Å²) in [6.45, 7) is 6.38. The smallest absolute Gasteiger partial charge is 0.335 e. The Bertz CT molecular complexity index is 824. The van der Waals surface area contributed by atoms with E-state index in [0.29, 0.717) is 11.5 Å². The van der Waals surface area contributed by atoms with Gasteiger partial charge in [0, 0.05) is 36.1 Å². The highest BCUT2D eigenvalue weighted by molar-refractivity contribution is 5.87. The molecule has 3 rings (SSSR count). The van der Waals surface area contributed by atoms with Crippen molar-refractivity contribution < 1.29 is 9.90 Å². The van der Waals surface area contributed by atoms with Gasteiger partial charge in [0.15, 0.2) is 5.43 Å². The molecular formula is C20H24N2O3. The van der Waals surface area contributed by atoms with Crippen molar-refractivity contribution >= 4 is 5.97 Å². The summed E-state index contributed by atoms with van der Waals surface area (Å²) in [5.41, 5.74) is 4.15. The summed E-state index contributed by atoms with van der Waals surface area (Å²) in [4.78, 5) is 28.7. The Morgan fingerprint density at radius 1 is 1.28 bits per heavy atom. The molecule has 0 unspecified atom stereocenters. The normalized spacial score (nSPS) is 18.2. The van der Waals surface area contributed by atoms with E-state index in [2.05, 4.69) is 9.88 Å². The predicted molar refractivity (Wildman–Crippen MR) is 97.2 cm³/mol. The van der Waals surface area contributed by atoms with E-state index in [1.54, 1.807) is 18.3 Å². The molecule has 2 aromatic rings. The van der Waals surface area contributed by atoms with E-state index in [-0.39, 0.29) is 5.43 Å². The van der Waals surface area contributed by atoms with Crippen LogP contribution in [-0.4, -0.2) is 34.0 Å². The van der Waals surface area contributed by atoms with Gasteiger partial charge in [0.25, 0.3) is 0 Å². The first kappa shape index (κ1) is 17.4. The largest absolute Gasteiger partial charge is 0.478 e. The van der Waals surface area contributed by atoms with Crippen LogP contribution in [0.3, 0.4) is 0 Å². The van der Waals surface area contributed by atoms with Gasteiger partial charge in [-0.3, -0.25) is 9.69 Å². The second-order valence-corrected chi connectivity index (χ2v) is 6.91. The number of hydrogen-bond acceptors (Lipinski definition) is 3. The minimum absolute atomic E-state index is 0.117. The number of carboxylic acids is 1. The van der Waals surface area contributed by atoms with Crippen molar-refractivity contribution in [3.8, 4) is 0 Å². The van der Waals surface area contributed by atoms with Gasteiger partial charge >= 0.3 is 5.97 Å². The van der Waals surface area contributed by atoms with Crippen LogP contribution in [0.5, 0.6) is 0 Å².